The first-order valence-corrected chi connectivity index (χ1v) is 5.69. The average Bonchev–Trinajstić information content (AvgIpc) is 2.05. The molecule has 0 N–H and O–H groups in total. The number of hydrogen-bond donors (Lipinski definition) is 0. The van der Waals surface area contributed by atoms with Crippen molar-refractivity contribution >= 4 is 0 Å². The Morgan fingerprint density at radius 2 is 1.83 bits per heavy atom. The lowest BCUT2D eigenvalue weighted by Gasteiger charge is -2.53. The van der Waals surface area contributed by atoms with Gasteiger partial charge in [-0.25, -0.2) is 0 Å². The van der Waals surface area contributed by atoms with Gasteiger partial charge in [-0.3, -0.25) is 0 Å². The Balaban J connectivity index is 1.75. The topological polar surface area (TPSA) is 3.24 Å². The molecule has 2 heterocycles. The summed E-state index contributed by atoms with van der Waals surface area (Å²) in [6.07, 6.45) is 9.10. The van der Waals surface area contributed by atoms with E-state index in [2.05, 4.69) is 4.90 Å². The summed E-state index contributed by atoms with van der Waals surface area (Å²) >= 11 is 0. The van der Waals surface area contributed by atoms with E-state index in [0.717, 1.165) is 17.9 Å². The maximum Gasteiger partial charge on any atom is 0.0126 e. The lowest BCUT2D eigenvalue weighted by atomic mass is 9.64. The lowest BCUT2D eigenvalue weighted by molar-refractivity contribution is -0.0306. The fraction of sp³-hybridized carbons (Fsp3) is 1.00. The molecule has 0 bridgehead atoms. The van der Waals surface area contributed by atoms with Gasteiger partial charge in [-0.2, -0.15) is 0 Å². The molecule has 2 unspecified atom stereocenters. The summed E-state index contributed by atoms with van der Waals surface area (Å²) in [6, 6.07) is 1.02. The van der Waals surface area contributed by atoms with E-state index in [1.807, 2.05) is 0 Å². The number of nitrogens with zero attached hydrogens (tertiary/aromatic N) is 1. The van der Waals surface area contributed by atoms with Crippen LogP contribution < -0.4 is 0 Å². The van der Waals surface area contributed by atoms with E-state index in [1.54, 1.807) is 12.8 Å². The van der Waals surface area contributed by atoms with Crippen LogP contribution in [0.1, 0.15) is 38.5 Å². The van der Waals surface area contributed by atoms with Gasteiger partial charge in [-0.15, -0.1) is 0 Å². The van der Waals surface area contributed by atoms with Gasteiger partial charge in [0.2, 0.25) is 0 Å². The van der Waals surface area contributed by atoms with Crippen LogP contribution in [0.3, 0.4) is 0 Å². The molecule has 1 aliphatic carbocycles. The second-order valence-electron chi connectivity index (χ2n) is 4.89. The molecule has 12 heavy (non-hydrogen) atoms. The minimum absolute atomic E-state index is 1.02. The number of rotatable bonds is 0. The lowest BCUT2D eigenvalue weighted by Crippen LogP contribution is -2.54. The van der Waals surface area contributed by atoms with Gasteiger partial charge in [0.25, 0.3) is 0 Å². The average molecular weight is 165 g/mol. The van der Waals surface area contributed by atoms with Gasteiger partial charge in [0, 0.05) is 6.04 Å². The molecule has 0 aromatic rings. The van der Waals surface area contributed by atoms with E-state index in [1.165, 1.54) is 38.8 Å². The van der Waals surface area contributed by atoms with Crippen LogP contribution in [0.2, 0.25) is 0 Å². The Morgan fingerprint density at radius 3 is 2.67 bits per heavy atom. The van der Waals surface area contributed by atoms with Crippen molar-refractivity contribution < 1.29 is 0 Å². The van der Waals surface area contributed by atoms with Crippen LogP contribution in [0.5, 0.6) is 0 Å². The van der Waals surface area contributed by atoms with Crippen LogP contribution in [0, 0.1) is 11.8 Å². The first kappa shape index (κ1) is 7.37. The van der Waals surface area contributed by atoms with Gasteiger partial charge >= 0.3 is 0 Å². The van der Waals surface area contributed by atoms with E-state index < -0.39 is 0 Å². The summed E-state index contributed by atoms with van der Waals surface area (Å²) in [5, 5.41) is 0. The van der Waals surface area contributed by atoms with Gasteiger partial charge in [0.1, 0.15) is 0 Å². The molecule has 0 radical (unpaired) electrons. The second kappa shape index (κ2) is 2.73. The molecule has 68 valence electrons. The zero-order chi connectivity index (χ0) is 7.97. The van der Waals surface area contributed by atoms with E-state index in [9.17, 15) is 0 Å². The number of piperidine rings is 2. The van der Waals surface area contributed by atoms with E-state index >= 15 is 0 Å². The van der Waals surface area contributed by atoms with Crippen molar-refractivity contribution in [2.75, 3.05) is 13.1 Å². The molecule has 3 fully saturated rings. The van der Waals surface area contributed by atoms with Crippen molar-refractivity contribution in [3.63, 3.8) is 0 Å². The van der Waals surface area contributed by atoms with Crippen LogP contribution in [-0.4, -0.2) is 24.0 Å². The van der Waals surface area contributed by atoms with E-state index in [-0.39, 0.29) is 0 Å². The fourth-order valence-corrected chi connectivity index (χ4v) is 3.57. The van der Waals surface area contributed by atoms with Gasteiger partial charge in [0.15, 0.2) is 0 Å². The van der Waals surface area contributed by atoms with Crippen molar-refractivity contribution in [1.82, 2.24) is 4.90 Å². The highest BCUT2D eigenvalue weighted by Gasteiger charge is 2.43. The van der Waals surface area contributed by atoms with Crippen LogP contribution in [-0.2, 0) is 0 Å². The third-order valence-corrected chi connectivity index (χ3v) is 4.42. The molecule has 1 saturated carbocycles. The molecule has 2 aliphatic heterocycles. The molecule has 1 heteroatoms. The standard InChI is InChI=1S/C11H19N/c1-2-7-12-8-6-9-4-5-10(9)11(12)3-1/h9-11H,1-8H2/t9-,10?,11?/m1/s1. The first-order chi connectivity index (χ1) is 5.95. The molecule has 2 saturated heterocycles. The van der Waals surface area contributed by atoms with Crippen molar-refractivity contribution in [2.24, 2.45) is 11.8 Å². The molecule has 0 aromatic carbocycles. The van der Waals surface area contributed by atoms with Crippen LogP contribution in [0.25, 0.3) is 0 Å². The molecule has 0 aromatic heterocycles. The van der Waals surface area contributed by atoms with Crippen LogP contribution in [0.15, 0.2) is 0 Å². The van der Waals surface area contributed by atoms with Crippen LogP contribution in [0.4, 0.5) is 0 Å². The molecule has 3 atom stereocenters. The molecule has 1 nitrogen and oxygen atoms in total. The Bertz CT molecular complexity index is 176. The maximum absolute atomic E-state index is 2.78. The highest BCUT2D eigenvalue weighted by Crippen LogP contribution is 2.46. The maximum atomic E-state index is 2.78. The molecule has 3 rings (SSSR count). The zero-order valence-corrected chi connectivity index (χ0v) is 7.84. The second-order valence-corrected chi connectivity index (χ2v) is 4.89. The monoisotopic (exact) mass is 165 g/mol. The Hall–Kier alpha value is -0.0400. The zero-order valence-electron chi connectivity index (χ0n) is 7.84. The van der Waals surface area contributed by atoms with Gasteiger partial charge in [-0.05, 0) is 57.0 Å². The SMILES string of the molecule is C1CCN2CC[C@H]3CCC3C2C1. The largest absolute Gasteiger partial charge is 0.300 e. The van der Waals surface area contributed by atoms with Gasteiger partial charge in [-0.1, -0.05) is 6.42 Å². The molecule has 3 aliphatic rings. The predicted octanol–water partition coefficient (Wildman–Crippen LogP) is 2.27. The third kappa shape index (κ3) is 0.953. The summed E-state index contributed by atoms with van der Waals surface area (Å²) in [6.45, 7) is 2.83. The number of fused-ring (bicyclic) bond motifs is 3. The third-order valence-electron chi connectivity index (χ3n) is 4.42. The Kier molecular flexibility index (Phi) is 1.68. The van der Waals surface area contributed by atoms with Gasteiger partial charge < -0.3 is 4.90 Å². The van der Waals surface area contributed by atoms with Crippen LogP contribution >= 0.6 is 0 Å². The molecule has 0 amide bonds. The van der Waals surface area contributed by atoms with Crippen molar-refractivity contribution in [2.45, 2.75) is 44.6 Å². The highest BCUT2D eigenvalue weighted by atomic mass is 15.2. The summed E-state index contributed by atoms with van der Waals surface area (Å²) < 4.78 is 0. The fourth-order valence-electron chi connectivity index (χ4n) is 3.57. The summed E-state index contributed by atoms with van der Waals surface area (Å²) in [5.74, 6) is 2.27. The van der Waals surface area contributed by atoms with E-state index in [4.69, 9.17) is 0 Å². The summed E-state index contributed by atoms with van der Waals surface area (Å²) in [5.41, 5.74) is 0. The highest BCUT2D eigenvalue weighted by molar-refractivity contribution is 4.96. The normalized spacial score (nSPS) is 47.5. The van der Waals surface area contributed by atoms with Gasteiger partial charge in [0.05, 0.1) is 0 Å². The summed E-state index contributed by atoms with van der Waals surface area (Å²) in [7, 11) is 0. The summed E-state index contributed by atoms with van der Waals surface area (Å²) in [4.78, 5) is 2.78. The molecular formula is C11H19N. The predicted molar refractivity (Wildman–Crippen MR) is 50.0 cm³/mol. The minimum Gasteiger partial charge on any atom is -0.300 e. The first-order valence-electron chi connectivity index (χ1n) is 5.69. The van der Waals surface area contributed by atoms with E-state index in [0.29, 0.717) is 0 Å². The minimum atomic E-state index is 1.02. The molecular weight excluding hydrogens is 146 g/mol. The smallest absolute Gasteiger partial charge is 0.0126 e. The van der Waals surface area contributed by atoms with Crippen molar-refractivity contribution in [3.8, 4) is 0 Å². The quantitative estimate of drug-likeness (QED) is 0.532. The Labute approximate surface area is 75.1 Å². The molecule has 0 spiro atoms. The Morgan fingerprint density at radius 1 is 0.833 bits per heavy atom. The van der Waals surface area contributed by atoms with Crippen molar-refractivity contribution in [3.05, 3.63) is 0 Å². The number of hydrogen-bond acceptors (Lipinski definition) is 1. The van der Waals surface area contributed by atoms with Crippen molar-refractivity contribution in [1.29, 1.82) is 0 Å².